The second-order valence-electron chi connectivity index (χ2n) is 5.83. The number of aromatic nitrogens is 4. The summed E-state index contributed by atoms with van der Waals surface area (Å²) in [5.74, 6) is 0.754. The van der Waals surface area contributed by atoms with Crippen LogP contribution in [0.25, 0.3) is 11.1 Å². The van der Waals surface area contributed by atoms with Crippen LogP contribution < -0.4 is 10.1 Å². The fourth-order valence-corrected chi connectivity index (χ4v) is 2.45. The second kappa shape index (κ2) is 7.65. The first-order valence-electron chi connectivity index (χ1n) is 8.10. The molecule has 0 fully saturated rings. The van der Waals surface area contributed by atoms with E-state index in [1.54, 1.807) is 21.8 Å². The van der Waals surface area contributed by atoms with Gasteiger partial charge in [-0.15, -0.1) is 0 Å². The molecule has 0 aliphatic carbocycles. The molecule has 0 atom stereocenters. The summed E-state index contributed by atoms with van der Waals surface area (Å²) in [4.78, 5) is 11.8. The van der Waals surface area contributed by atoms with E-state index in [0.29, 0.717) is 25.1 Å². The number of nitrogens with zero attached hydrogens (tertiary/aromatic N) is 4. The lowest BCUT2D eigenvalue weighted by Crippen LogP contribution is -2.12. The summed E-state index contributed by atoms with van der Waals surface area (Å²) in [5, 5.41) is 11.0. The summed E-state index contributed by atoms with van der Waals surface area (Å²) in [6.45, 7) is 0.493. The SMILES string of the molecule is Cn1cc(NC(=O)CCCOc2ccc(-c3cnn(C)c3)cc2)cn1. The van der Waals surface area contributed by atoms with Crippen molar-refractivity contribution >= 4 is 11.6 Å². The van der Waals surface area contributed by atoms with Crippen LogP contribution in [0.3, 0.4) is 0 Å². The Labute approximate surface area is 146 Å². The molecule has 25 heavy (non-hydrogen) atoms. The van der Waals surface area contributed by atoms with Gasteiger partial charge in [0, 0.05) is 38.5 Å². The summed E-state index contributed by atoms with van der Waals surface area (Å²) in [5.41, 5.74) is 2.87. The maximum absolute atomic E-state index is 11.8. The summed E-state index contributed by atoms with van der Waals surface area (Å²) in [6.07, 6.45) is 8.24. The molecule has 0 saturated carbocycles. The molecule has 3 rings (SSSR count). The number of carbonyl (C=O) groups is 1. The van der Waals surface area contributed by atoms with E-state index in [9.17, 15) is 4.79 Å². The number of amides is 1. The number of carbonyl (C=O) groups excluding carboxylic acids is 1. The predicted molar refractivity (Wildman–Crippen MR) is 95.2 cm³/mol. The highest BCUT2D eigenvalue weighted by molar-refractivity contribution is 5.90. The molecule has 1 amide bonds. The fraction of sp³-hybridized carbons (Fsp3) is 0.278. The number of benzene rings is 1. The molecule has 0 bridgehead atoms. The molecule has 0 aliphatic rings. The lowest BCUT2D eigenvalue weighted by molar-refractivity contribution is -0.116. The van der Waals surface area contributed by atoms with Crippen molar-refractivity contribution in [1.29, 1.82) is 0 Å². The van der Waals surface area contributed by atoms with E-state index in [1.165, 1.54) is 0 Å². The van der Waals surface area contributed by atoms with Crippen LogP contribution in [0.4, 0.5) is 5.69 Å². The van der Waals surface area contributed by atoms with Crippen LogP contribution >= 0.6 is 0 Å². The van der Waals surface area contributed by atoms with E-state index >= 15 is 0 Å². The zero-order valence-corrected chi connectivity index (χ0v) is 14.3. The molecule has 0 radical (unpaired) electrons. The first kappa shape index (κ1) is 16.8. The molecule has 130 valence electrons. The molecule has 0 saturated heterocycles. The van der Waals surface area contributed by atoms with Crippen molar-refractivity contribution in [2.24, 2.45) is 14.1 Å². The lowest BCUT2D eigenvalue weighted by Gasteiger charge is -2.07. The van der Waals surface area contributed by atoms with Gasteiger partial charge in [0.1, 0.15) is 5.75 Å². The Morgan fingerprint density at radius 2 is 1.76 bits per heavy atom. The highest BCUT2D eigenvalue weighted by Crippen LogP contribution is 2.21. The molecule has 3 aromatic rings. The molecule has 1 aromatic carbocycles. The van der Waals surface area contributed by atoms with Crippen molar-refractivity contribution in [2.75, 3.05) is 11.9 Å². The molecule has 7 nitrogen and oxygen atoms in total. The van der Waals surface area contributed by atoms with E-state index < -0.39 is 0 Å². The van der Waals surface area contributed by atoms with Crippen molar-refractivity contribution in [2.45, 2.75) is 12.8 Å². The topological polar surface area (TPSA) is 74.0 Å². The van der Waals surface area contributed by atoms with Gasteiger partial charge in [0.05, 0.1) is 24.7 Å². The molecular formula is C18H21N5O2. The Morgan fingerprint density at radius 3 is 2.40 bits per heavy atom. The number of rotatable bonds is 7. The normalized spacial score (nSPS) is 10.6. The van der Waals surface area contributed by atoms with E-state index in [0.717, 1.165) is 16.9 Å². The van der Waals surface area contributed by atoms with Crippen molar-refractivity contribution in [3.05, 3.63) is 49.1 Å². The molecule has 0 spiro atoms. The van der Waals surface area contributed by atoms with Crippen molar-refractivity contribution in [1.82, 2.24) is 19.6 Å². The van der Waals surface area contributed by atoms with Crippen LogP contribution in [-0.2, 0) is 18.9 Å². The highest BCUT2D eigenvalue weighted by atomic mass is 16.5. The van der Waals surface area contributed by atoms with Gasteiger partial charge < -0.3 is 10.1 Å². The Balaban J connectivity index is 1.40. The molecule has 2 aromatic heterocycles. The average Bonchev–Trinajstić information content (AvgIpc) is 3.21. The largest absolute Gasteiger partial charge is 0.494 e. The van der Waals surface area contributed by atoms with Crippen LogP contribution in [0.2, 0.25) is 0 Å². The first-order valence-corrected chi connectivity index (χ1v) is 8.10. The zero-order valence-electron chi connectivity index (χ0n) is 14.3. The standard InChI is InChI=1S/C18H21N5O2/c1-22-12-15(10-19-22)14-5-7-17(8-6-14)25-9-3-4-18(24)21-16-11-20-23(2)13-16/h5-8,10-13H,3-4,9H2,1-2H3,(H,21,24). The molecule has 7 heteroatoms. The third kappa shape index (κ3) is 4.69. The number of hydrogen-bond donors (Lipinski definition) is 1. The summed E-state index contributed by atoms with van der Waals surface area (Å²) < 4.78 is 9.11. The van der Waals surface area contributed by atoms with E-state index in [2.05, 4.69) is 15.5 Å². The minimum Gasteiger partial charge on any atom is -0.494 e. The number of anilines is 1. The van der Waals surface area contributed by atoms with Crippen molar-refractivity contribution in [3.8, 4) is 16.9 Å². The first-order chi connectivity index (χ1) is 12.1. The number of ether oxygens (including phenoxy) is 1. The molecule has 0 aliphatic heterocycles. The average molecular weight is 339 g/mol. The van der Waals surface area contributed by atoms with Crippen LogP contribution in [0.15, 0.2) is 49.1 Å². The predicted octanol–water partition coefficient (Wildman–Crippen LogP) is 2.62. The third-order valence-electron chi connectivity index (χ3n) is 3.70. The smallest absolute Gasteiger partial charge is 0.224 e. The van der Waals surface area contributed by atoms with Crippen LogP contribution in [0, 0.1) is 0 Å². The molecule has 0 unspecified atom stereocenters. The van der Waals surface area contributed by atoms with Gasteiger partial charge in [-0.3, -0.25) is 14.2 Å². The number of hydrogen-bond acceptors (Lipinski definition) is 4. The number of aryl methyl sites for hydroxylation is 2. The molecule has 2 heterocycles. The Kier molecular flexibility index (Phi) is 5.13. The van der Waals surface area contributed by atoms with Gasteiger partial charge >= 0.3 is 0 Å². The van der Waals surface area contributed by atoms with Gasteiger partial charge in [-0.2, -0.15) is 10.2 Å². The minimum atomic E-state index is -0.0384. The van der Waals surface area contributed by atoms with Gasteiger partial charge in [-0.05, 0) is 24.1 Å². The fourth-order valence-electron chi connectivity index (χ4n) is 2.45. The van der Waals surface area contributed by atoms with Crippen molar-refractivity contribution < 1.29 is 9.53 Å². The monoisotopic (exact) mass is 339 g/mol. The summed E-state index contributed by atoms with van der Waals surface area (Å²) >= 11 is 0. The minimum absolute atomic E-state index is 0.0384. The maximum atomic E-state index is 11.8. The Hall–Kier alpha value is -3.09. The van der Waals surface area contributed by atoms with Gasteiger partial charge in [0.25, 0.3) is 0 Å². The van der Waals surface area contributed by atoms with Crippen LogP contribution in [-0.4, -0.2) is 32.1 Å². The zero-order chi connectivity index (χ0) is 17.6. The third-order valence-corrected chi connectivity index (χ3v) is 3.70. The maximum Gasteiger partial charge on any atom is 0.224 e. The number of nitrogens with one attached hydrogen (secondary N) is 1. The van der Waals surface area contributed by atoms with Gasteiger partial charge in [0.2, 0.25) is 5.91 Å². The van der Waals surface area contributed by atoms with E-state index in [-0.39, 0.29) is 5.91 Å². The van der Waals surface area contributed by atoms with E-state index in [4.69, 9.17) is 4.74 Å². The summed E-state index contributed by atoms with van der Waals surface area (Å²) in [6, 6.07) is 7.86. The second-order valence-corrected chi connectivity index (χ2v) is 5.83. The lowest BCUT2D eigenvalue weighted by atomic mass is 10.1. The van der Waals surface area contributed by atoms with E-state index in [1.807, 2.05) is 50.8 Å². The summed E-state index contributed by atoms with van der Waals surface area (Å²) in [7, 11) is 3.70. The van der Waals surface area contributed by atoms with Gasteiger partial charge in [-0.25, -0.2) is 0 Å². The quantitative estimate of drug-likeness (QED) is 0.672. The Morgan fingerprint density at radius 1 is 1.04 bits per heavy atom. The van der Waals surface area contributed by atoms with Gasteiger partial charge in [-0.1, -0.05) is 12.1 Å². The Bertz CT molecular complexity index is 835. The highest BCUT2D eigenvalue weighted by Gasteiger charge is 2.05. The van der Waals surface area contributed by atoms with Gasteiger partial charge in [0.15, 0.2) is 0 Å². The van der Waals surface area contributed by atoms with Crippen LogP contribution in [0.1, 0.15) is 12.8 Å². The molecule has 1 N–H and O–H groups in total. The van der Waals surface area contributed by atoms with Crippen LogP contribution in [0.5, 0.6) is 5.75 Å². The van der Waals surface area contributed by atoms with Crippen molar-refractivity contribution in [3.63, 3.8) is 0 Å². The molecular weight excluding hydrogens is 318 g/mol.